The number of anilines is 1. The highest BCUT2D eigenvalue weighted by Crippen LogP contribution is 2.19. The van der Waals surface area contributed by atoms with Crippen LogP contribution in [0.2, 0.25) is 0 Å². The molecule has 0 radical (unpaired) electrons. The molecular weight excluding hydrogens is 416 g/mol. The first-order chi connectivity index (χ1) is 15.9. The smallest absolute Gasteiger partial charge is 0.259 e. The number of para-hydroxylation sites is 1. The third-order valence-corrected chi connectivity index (χ3v) is 5.91. The predicted octanol–water partition coefficient (Wildman–Crippen LogP) is 2.79. The second kappa shape index (κ2) is 12.3. The van der Waals surface area contributed by atoms with Crippen molar-refractivity contribution in [2.24, 2.45) is 0 Å². The van der Waals surface area contributed by atoms with E-state index in [0.717, 1.165) is 45.6 Å². The van der Waals surface area contributed by atoms with Gasteiger partial charge < -0.3 is 19.9 Å². The molecule has 0 unspecified atom stereocenters. The summed E-state index contributed by atoms with van der Waals surface area (Å²) in [6.45, 7) is 7.94. The highest BCUT2D eigenvalue weighted by molar-refractivity contribution is 5.97. The second-order valence-electron chi connectivity index (χ2n) is 8.70. The van der Waals surface area contributed by atoms with E-state index < -0.39 is 0 Å². The Balaban J connectivity index is 1.35. The molecule has 1 aliphatic rings. The largest absolute Gasteiger partial charge is 0.483 e. The molecule has 7 nitrogen and oxygen atoms in total. The normalized spacial score (nSPS) is 14.1. The van der Waals surface area contributed by atoms with E-state index in [2.05, 4.69) is 46.3 Å². The Labute approximate surface area is 197 Å². The van der Waals surface area contributed by atoms with Crippen LogP contribution in [0.4, 0.5) is 5.69 Å². The van der Waals surface area contributed by atoms with E-state index in [1.165, 1.54) is 16.2 Å². The molecule has 0 aliphatic carbocycles. The molecule has 3 rings (SSSR count). The van der Waals surface area contributed by atoms with E-state index in [1.54, 1.807) is 38.4 Å². The molecule has 2 amide bonds. The van der Waals surface area contributed by atoms with Crippen LogP contribution in [-0.2, 0) is 4.79 Å². The Morgan fingerprint density at radius 2 is 1.76 bits per heavy atom. The maximum atomic E-state index is 12.6. The van der Waals surface area contributed by atoms with Crippen LogP contribution in [-0.4, -0.2) is 81.6 Å². The molecule has 1 heterocycles. The quantitative estimate of drug-likeness (QED) is 0.562. The van der Waals surface area contributed by atoms with Gasteiger partial charge in [0.15, 0.2) is 6.61 Å². The van der Waals surface area contributed by atoms with Crippen molar-refractivity contribution >= 4 is 17.5 Å². The summed E-state index contributed by atoms with van der Waals surface area (Å²) in [4.78, 5) is 30.8. The Morgan fingerprint density at radius 3 is 2.48 bits per heavy atom. The lowest BCUT2D eigenvalue weighted by Crippen LogP contribution is -2.46. The standard InChI is InChI=1S/C26H36N4O3/c1-21-9-8-10-22(19-21)30-17-15-29(16-18-30)14-7-6-13-27-26(32)23-11-4-5-12-24(23)33-20-25(31)28(2)3/h4-5,8-12,19H,6-7,13-18,20H2,1-3H3,(H,27,32). The molecule has 7 heteroatoms. The van der Waals surface area contributed by atoms with Crippen molar-refractivity contribution in [3.05, 3.63) is 59.7 Å². The van der Waals surface area contributed by atoms with Crippen LogP contribution >= 0.6 is 0 Å². The first-order valence-electron chi connectivity index (χ1n) is 11.7. The number of rotatable bonds is 10. The zero-order valence-electron chi connectivity index (χ0n) is 20.0. The van der Waals surface area contributed by atoms with Crippen LogP contribution < -0.4 is 15.0 Å². The minimum atomic E-state index is -0.172. The van der Waals surface area contributed by atoms with E-state index in [0.29, 0.717) is 17.9 Å². The number of carbonyl (C=O) groups excluding carboxylic acids is 2. The molecule has 2 aromatic carbocycles. The van der Waals surface area contributed by atoms with Crippen molar-refractivity contribution in [2.45, 2.75) is 19.8 Å². The zero-order chi connectivity index (χ0) is 23.6. The molecule has 0 bridgehead atoms. The SMILES string of the molecule is Cc1cccc(N2CCN(CCCCNC(=O)c3ccccc3OCC(=O)N(C)C)CC2)c1. The number of likely N-dealkylation sites (N-methyl/N-ethyl adjacent to an activating group) is 1. The average molecular weight is 453 g/mol. The number of benzene rings is 2. The number of ether oxygens (including phenoxy) is 1. The van der Waals surface area contributed by atoms with Gasteiger partial charge in [-0.3, -0.25) is 14.5 Å². The minimum Gasteiger partial charge on any atom is -0.483 e. The molecule has 1 fully saturated rings. The van der Waals surface area contributed by atoms with Crippen LogP contribution in [0.3, 0.4) is 0 Å². The van der Waals surface area contributed by atoms with E-state index in [4.69, 9.17) is 4.74 Å². The molecule has 1 saturated heterocycles. The van der Waals surface area contributed by atoms with Crippen molar-refractivity contribution in [1.82, 2.24) is 15.1 Å². The maximum Gasteiger partial charge on any atom is 0.259 e. The van der Waals surface area contributed by atoms with Gasteiger partial charge in [-0.2, -0.15) is 0 Å². The van der Waals surface area contributed by atoms with Crippen molar-refractivity contribution in [2.75, 3.05) is 64.9 Å². The summed E-state index contributed by atoms with van der Waals surface area (Å²) in [7, 11) is 3.35. The Bertz CT molecular complexity index is 923. The molecule has 33 heavy (non-hydrogen) atoms. The summed E-state index contributed by atoms with van der Waals surface area (Å²) < 4.78 is 5.57. The lowest BCUT2D eigenvalue weighted by molar-refractivity contribution is -0.130. The number of unbranched alkanes of at least 4 members (excludes halogenated alkanes) is 1. The number of hydrogen-bond acceptors (Lipinski definition) is 5. The summed E-state index contributed by atoms with van der Waals surface area (Å²) in [5.41, 5.74) is 3.07. The molecule has 0 aromatic heterocycles. The van der Waals surface area contributed by atoms with Gasteiger partial charge in [0, 0.05) is 52.5 Å². The van der Waals surface area contributed by atoms with Crippen molar-refractivity contribution in [3.63, 3.8) is 0 Å². The first kappa shape index (κ1) is 24.6. The van der Waals surface area contributed by atoms with Gasteiger partial charge >= 0.3 is 0 Å². The summed E-state index contributed by atoms with van der Waals surface area (Å²) in [6, 6.07) is 15.7. The third-order valence-electron chi connectivity index (χ3n) is 5.91. The number of nitrogens with one attached hydrogen (secondary N) is 1. The monoisotopic (exact) mass is 452 g/mol. The van der Waals surface area contributed by atoms with Gasteiger partial charge in [0.1, 0.15) is 5.75 Å². The minimum absolute atomic E-state index is 0.0889. The highest BCUT2D eigenvalue weighted by Gasteiger charge is 2.17. The van der Waals surface area contributed by atoms with Gasteiger partial charge in [0.05, 0.1) is 5.56 Å². The Hall–Kier alpha value is -3.06. The number of piperazine rings is 1. The van der Waals surface area contributed by atoms with Crippen LogP contribution in [0.1, 0.15) is 28.8 Å². The third kappa shape index (κ3) is 7.49. The second-order valence-corrected chi connectivity index (χ2v) is 8.70. The fourth-order valence-electron chi connectivity index (χ4n) is 3.86. The summed E-state index contributed by atoms with van der Waals surface area (Å²) >= 11 is 0. The first-order valence-corrected chi connectivity index (χ1v) is 11.7. The topological polar surface area (TPSA) is 65.1 Å². The van der Waals surface area contributed by atoms with Gasteiger partial charge in [-0.25, -0.2) is 0 Å². The Morgan fingerprint density at radius 1 is 1.00 bits per heavy atom. The maximum absolute atomic E-state index is 12.6. The molecular formula is C26H36N4O3. The van der Waals surface area contributed by atoms with Crippen LogP contribution in [0.5, 0.6) is 5.75 Å². The molecule has 0 saturated carbocycles. The molecule has 0 spiro atoms. The zero-order valence-corrected chi connectivity index (χ0v) is 20.0. The average Bonchev–Trinajstić information content (AvgIpc) is 2.82. The Kier molecular flexibility index (Phi) is 9.13. The van der Waals surface area contributed by atoms with E-state index in [1.807, 2.05) is 0 Å². The van der Waals surface area contributed by atoms with Gasteiger partial charge in [0.25, 0.3) is 11.8 Å². The number of hydrogen-bond donors (Lipinski definition) is 1. The number of carbonyl (C=O) groups is 2. The van der Waals surface area contributed by atoms with Crippen molar-refractivity contribution in [3.8, 4) is 5.75 Å². The van der Waals surface area contributed by atoms with Gasteiger partial charge in [-0.1, -0.05) is 24.3 Å². The van der Waals surface area contributed by atoms with Gasteiger partial charge in [0.2, 0.25) is 0 Å². The van der Waals surface area contributed by atoms with Gasteiger partial charge in [-0.05, 0) is 56.1 Å². The summed E-state index contributed by atoms with van der Waals surface area (Å²) in [5.74, 6) is 0.108. The molecule has 1 aliphatic heterocycles. The van der Waals surface area contributed by atoms with E-state index >= 15 is 0 Å². The van der Waals surface area contributed by atoms with E-state index in [-0.39, 0.29) is 18.4 Å². The van der Waals surface area contributed by atoms with E-state index in [9.17, 15) is 9.59 Å². The van der Waals surface area contributed by atoms with Crippen LogP contribution in [0.25, 0.3) is 0 Å². The fourth-order valence-corrected chi connectivity index (χ4v) is 3.86. The molecule has 0 atom stereocenters. The number of amides is 2. The summed E-state index contributed by atoms with van der Waals surface area (Å²) in [6.07, 6.45) is 1.96. The molecule has 1 N–H and O–H groups in total. The highest BCUT2D eigenvalue weighted by atomic mass is 16.5. The molecule has 178 valence electrons. The lowest BCUT2D eigenvalue weighted by atomic mass is 10.1. The van der Waals surface area contributed by atoms with Gasteiger partial charge in [-0.15, -0.1) is 0 Å². The van der Waals surface area contributed by atoms with Crippen LogP contribution in [0, 0.1) is 6.92 Å². The van der Waals surface area contributed by atoms with Crippen LogP contribution in [0.15, 0.2) is 48.5 Å². The fraction of sp³-hybridized carbons (Fsp3) is 0.462. The van der Waals surface area contributed by atoms with Crippen molar-refractivity contribution < 1.29 is 14.3 Å². The lowest BCUT2D eigenvalue weighted by Gasteiger charge is -2.36. The number of aryl methyl sites for hydroxylation is 1. The van der Waals surface area contributed by atoms with Crippen molar-refractivity contribution in [1.29, 1.82) is 0 Å². The summed E-state index contributed by atoms with van der Waals surface area (Å²) in [5, 5.41) is 2.98. The predicted molar refractivity (Wildman–Crippen MR) is 132 cm³/mol. The number of nitrogens with zero attached hydrogens (tertiary/aromatic N) is 3. The molecule has 2 aromatic rings.